The zero-order chi connectivity index (χ0) is 13.0. The number of ether oxygens (including phenoxy) is 1. The molecule has 0 radical (unpaired) electrons. The molecular formula is C6H13NO4S2. The van der Waals surface area contributed by atoms with E-state index in [1.807, 2.05) is 4.72 Å². The summed E-state index contributed by atoms with van der Waals surface area (Å²) >= 11 is 0.498. The smallest absolute Gasteiger partial charge is 0.324 e. The Morgan fingerprint density at radius 3 is 2.77 bits per heavy atom. The normalized spacial score (nSPS) is 18.2. The first-order valence-corrected chi connectivity index (χ1v) is 6.12. The highest BCUT2D eigenvalue weighted by atomic mass is 32.2. The van der Waals surface area contributed by atoms with Crippen LogP contribution in [0.5, 0.6) is 0 Å². The average Bonchev–Trinajstić information content (AvgIpc) is 2.07. The van der Waals surface area contributed by atoms with E-state index < -0.39 is 28.2 Å². The monoisotopic (exact) mass is 230 g/mol. The number of carbonyl (C=O) groups excluding carboxylic acids is 1. The van der Waals surface area contributed by atoms with Crippen molar-refractivity contribution in [1.82, 2.24) is 4.72 Å². The van der Waals surface area contributed by atoms with Crippen LogP contribution >= 0.6 is 11.8 Å². The lowest BCUT2D eigenvalue weighted by atomic mass is 10.4. The fourth-order valence-electron chi connectivity index (χ4n) is 0.634. The van der Waals surface area contributed by atoms with Gasteiger partial charge in [-0.25, -0.2) is 13.1 Å². The number of nitrogens with one attached hydrogen (secondary N) is 1. The molecule has 0 rings (SSSR count). The second kappa shape index (κ2) is 5.46. The summed E-state index contributed by atoms with van der Waals surface area (Å²) in [6.07, 6.45) is -1.41. The molecule has 78 valence electrons. The molecule has 0 saturated heterocycles. The van der Waals surface area contributed by atoms with Crippen LogP contribution in [-0.4, -0.2) is 45.7 Å². The van der Waals surface area contributed by atoms with E-state index in [2.05, 4.69) is 4.74 Å². The third kappa shape index (κ3) is 5.89. The summed E-state index contributed by atoms with van der Waals surface area (Å²) in [5.41, 5.74) is 0. The van der Waals surface area contributed by atoms with Gasteiger partial charge in [-0.2, -0.15) is 11.8 Å². The molecule has 1 N–H and O–H groups in total. The van der Waals surface area contributed by atoms with Gasteiger partial charge in [-0.15, -0.1) is 0 Å². The van der Waals surface area contributed by atoms with Crippen molar-refractivity contribution in [3.63, 3.8) is 0 Å². The van der Waals surface area contributed by atoms with Crippen molar-refractivity contribution in [3.8, 4) is 0 Å². The van der Waals surface area contributed by atoms with Crippen molar-refractivity contribution >= 4 is 27.8 Å². The van der Waals surface area contributed by atoms with Crippen LogP contribution in [0, 0.1) is 0 Å². The summed E-state index contributed by atoms with van der Waals surface area (Å²) in [6, 6.07) is -1.19. The Balaban J connectivity index is 4.52. The Labute approximate surface area is 86.5 Å². The van der Waals surface area contributed by atoms with E-state index in [0.29, 0.717) is 11.8 Å². The summed E-state index contributed by atoms with van der Waals surface area (Å²) in [6.45, 7) is 0. The Hall–Kier alpha value is -0.270. The topological polar surface area (TPSA) is 72.5 Å². The summed E-state index contributed by atoms with van der Waals surface area (Å²) in [7, 11) is -2.50. The lowest BCUT2D eigenvalue weighted by Gasteiger charge is -2.13. The molecule has 0 aromatic rings. The first-order chi connectivity index (χ1) is 7.05. The zero-order valence-corrected chi connectivity index (χ0v) is 8.87. The highest BCUT2D eigenvalue weighted by molar-refractivity contribution is 7.98. The fourth-order valence-corrected chi connectivity index (χ4v) is 1.82. The van der Waals surface area contributed by atoms with Gasteiger partial charge in [0.25, 0.3) is 0 Å². The highest BCUT2D eigenvalue weighted by Crippen LogP contribution is 2.00. The van der Waals surface area contributed by atoms with E-state index in [1.165, 1.54) is 0 Å². The largest absolute Gasteiger partial charge is 0.468 e. The van der Waals surface area contributed by atoms with Crippen LogP contribution in [0.1, 0.15) is 4.11 Å². The third-order valence-corrected chi connectivity index (χ3v) is 2.30. The maximum Gasteiger partial charge on any atom is 0.324 e. The maximum atomic E-state index is 11.2. The molecule has 5 nitrogen and oxygen atoms in total. The van der Waals surface area contributed by atoms with Gasteiger partial charge in [0.05, 0.1) is 13.4 Å². The van der Waals surface area contributed by atoms with E-state index in [-0.39, 0.29) is 5.75 Å². The van der Waals surface area contributed by atoms with Crippen LogP contribution in [0.25, 0.3) is 0 Å². The lowest BCUT2D eigenvalue weighted by molar-refractivity contribution is -0.141. The molecule has 0 saturated carbocycles. The molecular weight excluding hydrogens is 214 g/mol. The number of hydrogen-bond donors (Lipinski definition) is 1. The Kier molecular flexibility index (Phi) is 3.39. The van der Waals surface area contributed by atoms with E-state index >= 15 is 0 Å². The predicted molar refractivity (Wildman–Crippen MR) is 52.2 cm³/mol. The summed E-state index contributed by atoms with van der Waals surface area (Å²) in [5.74, 6) is -1.03. The van der Waals surface area contributed by atoms with Gasteiger partial charge in [0.1, 0.15) is 6.04 Å². The minimum absolute atomic E-state index is 0.212. The standard InChI is InChI=1S/C6H13NO4S2/c1-11-6(8)5(4-12-2)7-13(3,9)10/h5,7H,4H2,1-3H3/t5-/m0/s1/i2D3. The third-order valence-electron chi connectivity index (χ3n) is 1.09. The van der Waals surface area contributed by atoms with Gasteiger partial charge in [-0.3, -0.25) is 4.79 Å². The van der Waals surface area contributed by atoms with E-state index in [9.17, 15) is 13.2 Å². The number of rotatable bonds is 5. The van der Waals surface area contributed by atoms with Gasteiger partial charge >= 0.3 is 5.97 Å². The van der Waals surface area contributed by atoms with Gasteiger partial charge in [-0.05, 0) is 6.18 Å². The Bertz CT molecular complexity index is 340. The Morgan fingerprint density at radius 1 is 1.77 bits per heavy atom. The molecule has 7 heteroatoms. The Morgan fingerprint density at radius 2 is 2.38 bits per heavy atom. The molecule has 0 spiro atoms. The summed E-state index contributed by atoms with van der Waals surface area (Å²) in [4.78, 5) is 11.2. The molecule has 0 aliphatic rings. The molecule has 0 aromatic carbocycles. The van der Waals surface area contributed by atoms with E-state index in [4.69, 9.17) is 4.11 Å². The molecule has 1 atom stereocenters. The first kappa shape index (κ1) is 8.07. The van der Waals surface area contributed by atoms with Crippen molar-refractivity contribution in [1.29, 1.82) is 0 Å². The maximum absolute atomic E-state index is 11.2. The van der Waals surface area contributed by atoms with Crippen LogP contribution in [-0.2, 0) is 19.6 Å². The average molecular weight is 230 g/mol. The number of thioether (sulfide) groups is 1. The fraction of sp³-hybridized carbons (Fsp3) is 0.833. The van der Waals surface area contributed by atoms with Crippen LogP contribution in [0.15, 0.2) is 0 Å². The minimum Gasteiger partial charge on any atom is -0.468 e. The van der Waals surface area contributed by atoms with Crippen molar-refractivity contribution in [2.75, 3.05) is 25.3 Å². The molecule has 0 aliphatic heterocycles. The molecule has 0 amide bonds. The minimum atomic E-state index is -3.59. The number of hydrogen-bond acceptors (Lipinski definition) is 5. The van der Waals surface area contributed by atoms with E-state index in [0.717, 1.165) is 13.4 Å². The van der Waals surface area contributed by atoms with Gasteiger partial charge in [0.15, 0.2) is 0 Å². The van der Waals surface area contributed by atoms with Gasteiger partial charge in [-0.1, -0.05) is 0 Å². The van der Waals surface area contributed by atoms with Crippen molar-refractivity contribution in [2.24, 2.45) is 0 Å². The predicted octanol–water partition coefficient (Wildman–Crippen LogP) is -0.560. The van der Waals surface area contributed by atoms with Crippen molar-refractivity contribution < 1.29 is 22.1 Å². The van der Waals surface area contributed by atoms with Gasteiger partial charge in [0, 0.05) is 9.87 Å². The molecule has 0 unspecified atom stereocenters. The number of methoxy groups -OCH3 is 1. The van der Waals surface area contributed by atoms with Crippen LogP contribution in [0.4, 0.5) is 0 Å². The summed E-state index contributed by atoms with van der Waals surface area (Å²) in [5, 5.41) is 0. The quantitative estimate of drug-likeness (QED) is 0.641. The SMILES string of the molecule is [2H]C([2H])([2H])SC[C@H](NS(C)(=O)=O)C(=O)OC. The van der Waals surface area contributed by atoms with Crippen LogP contribution in [0.3, 0.4) is 0 Å². The molecule has 0 heterocycles. The molecule has 0 aliphatic carbocycles. The molecule has 0 aromatic heterocycles. The number of esters is 1. The molecule has 0 bridgehead atoms. The lowest BCUT2D eigenvalue weighted by Crippen LogP contribution is -2.42. The van der Waals surface area contributed by atoms with Crippen molar-refractivity contribution in [3.05, 3.63) is 0 Å². The van der Waals surface area contributed by atoms with Crippen LogP contribution < -0.4 is 4.72 Å². The second-order valence-electron chi connectivity index (χ2n) is 2.28. The summed E-state index contributed by atoms with van der Waals surface area (Å²) < 4.78 is 49.0. The van der Waals surface area contributed by atoms with Crippen LogP contribution in [0.2, 0.25) is 0 Å². The second-order valence-corrected chi connectivity index (χ2v) is 4.68. The molecule has 0 fully saturated rings. The first-order valence-electron chi connectivity index (χ1n) is 4.74. The number of sulfonamides is 1. The van der Waals surface area contributed by atoms with Gasteiger partial charge < -0.3 is 4.74 Å². The zero-order valence-electron chi connectivity index (χ0n) is 10.2. The van der Waals surface area contributed by atoms with Gasteiger partial charge in [0.2, 0.25) is 10.0 Å². The highest BCUT2D eigenvalue weighted by Gasteiger charge is 2.21. The molecule has 13 heavy (non-hydrogen) atoms. The van der Waals surface area contributed by atoms with Crippen molar-refractivity contribution in [2.45, 2.75) is 6.04 Å². The van der Waals surface area contributed by atoms with E-state index in [1.54, 1.807) is 0 Å². The number of carbonyl (C=O) groups is 1.